The van der Waals surface area contributed by atoms with Crippen LogP contribution in [0.4, 0.5) is 17.5 Å². The normalized spacial score (nSPS) is 11.1. The van der Waals surface area contributed by atoms with Crippen molar-refractivity contribution in [2.45, 2.75) is 0 Å². The van der Waals surface area contributed by atoms with Gasteiger partial charge in [0.25, 0.3) is 5.56 Å². The van der Waals surface area contributed by atoms with Crippen LogP contribution in [0, 0.1) is 4.91 Å². The van der Waals surface area contributed by atoms with Gasteiger partial charge in [-0.15, -0.1) is 4.91 Å². The van der Waals surface area contributed by atoms with E-state index in [9.17, 15) is 9.70 Å². The van der Waals surface area contributed by atoms with Gasteiger partial charge in [0.15, 0.2) is 5.82 Å². The average molecular weight is 386 g/mol. The number of nitrogens with zero attached hydrogens (tertiary/aromatic N) is 4. The number of nitrogens with one attached hydrogen (secondary N) is 1. The van der Waals surface area contributed by atoms with Gasteiger partial charge in [-0.1, -0.05) is 0 Å². The van der Waals surface area contributed by atoms with Gasteiger partial charge < -0.3 is 32.0 Å². The fraction of sp³-hybridized carbons (Fsp3) is 0.733. The summed E-state index contributed by atoms with van der Waals surface area (Å²) in [5.41, 5.74) is 15.4. The smallest absolute Gasteiger partial charge is 0.286 e. The maximum Gasteiger partial charge on any atom is 0.286 e. The van der Waals surface area contributed by atoms with Gasteiger partial charge in [0.2, 0.25) is 11.6 Å². The molecule has 12 heteroatoms. The zero-order valence-electron chi connectivity index (χ0n) is 15.7. The van der Waals surface area contributed by atoms with E-state index in [0.29, 0.717) is 65.7 Å². The van der Waals surface area contributed by atoms with E-state index in [1.165, 1.54) is 11.6 Å². The predicted octanol–water partition coefficient (Wildman–Crippen LogP) is -1.58. The third-order valence-corrected chi connectivity index (χ3v) is 3.72. The van der Waals surface area contributed by atoms with Crippen LogP contribution in [0.15, 0.2) is 9.97 Å². The van der Waals surface area contributed by atoms with Crippen molar-refractivity contribution in [2.24, 2.45) is 23.7 Å². The Balaban J connectivity index is 2.58. The molecule has 1 heterocycles. The quantitative estimate of drug-likeness (QED) is 0.203. The van der Waals surface area contributed by atoms with E-state index in [1.807, 2.05) is 0 Å². The highest BCUT2D eigenvalue weighted by molar-refractivity contribution is 5.58. The molecule has 0 aromatic carbocycles. The first-order valence-corrected chi connectivity index (χ1v) is 8.76. The molecule has 1 rings (SSSR count). The number of aromatic nitrogens is 2. The fourth-order valence-electron chi connectivity index (χ4n) is 2.27. The van der Waals surface area contributed by atoms with Crippen molar-refractivity contribution >= 4 is 17.5 Å². The number of hydrogen-bond acceptors (Lipinski definition) is 11. The lowest BCUT2D eigenvalue weighted by molar-refractivity contribution is 0.0809. The molecule has 0 radical (unpaired) electrons. The summed E-state index contributed by atoms with van der Waals surface area (Å²) in [5, 5.41) is 5.67. The lowest BCUT2D eigenvalue weighted by atomic mass is 10.4. The SMILES string of the molecule is Cn1c(NCCN(CCOCCN)CCOCCN)nc(N)c(N=O)c1=O. The molecule has 0 saturated carbocycles. The van der Waals surface area contributed by atoms with Crippen molar-refractivity contribution in [2.75, 3.05) is 76.7 Å². The van der Waals surface area contributed by atoms with Crippen molar-refractivity contribution in [3.63, 3.8) is 0 Å². The minimum atomic E-state index is -0.595. The highest BCUT2D eigenvalue weighted by atomic mass is 16.5. The summed E-state index contributed by atoms with van der Waals surface area (Å²) >= 11 is 0. The highest BCUT2D eigenvalue weighted by Gasteiger charge is 2.13. The van der Waals surface area contributed by atoms with Gasteiger partial charge in [0.1, 0.15) is 0 Å². The van der Waals surface area contributed by atoms with E-state index < -0.39 is 11.2 Å². The average Bonchev–Trinajstić information content (AvgIpc) is 2.66. The van der Waals surface area contributed by atoms with Crippen molar-refractivity contribution < 1.29 is 9.47 Å². The first kappa shape index (κ1) is 22.9. The van der Waals surface area contributed by atoms with Crippen LogP contribution in [0.2, 0.25) is 0 Å². The topological polar surface area (TPSA) is 176 Å². The number of ether oxygens (including phenoxy) is 2. The molecule has 27 heavy (non-hydrogen) atoms. The van der Waals surface area contributed by atoms with E-state index in [4.69, 9.17) is 26.7 Å². The maximum atomic E-state index is 12.0. The summed E-state index contributed by atoms with van der Waals surface area (Å²) in [5.74, 6) is 0.0708. The number of nitrogen functional groups attached to an aromatic ring is 1. The molecule has 0 saturated heterocycles. The molecule has 1 aromatic rings. The molecule has 0 unspecified atom stereocenters. The fourth-order valence-corrected chi connectivity index (χ4v) is 2.27. The Labute approximate surface area is 158 Å². The Morgan fingerprint density at radius 1 is 1.11 bits per heavy atom. The monoisotopic (exact) mass is 386 g/mol. The third kappa shape index (κ3) is 7.97. The second-order valence-electron chi connectivity index (χ2n) is 5.70. The standard InChI is InChI=1S/C15H30N8O4/c1-22-14(24)12(21-25)13(18)20-15(22)19-4-5-23(6-10-26-8-2-16)7-11-27-9-3-17/h2-11,16-18H2,1H3,(H,19,20). The number of nitrogens with two attached hydrogens (primary N) is 3. The lowest BCUT2D eigenvalue weighted by Gasteiger charge is -2.22. The zero-order chi connectivity index (χ0) is 20.1. The predicted molar refractivity (Wildman–Crippen MR) is 104 cm³/mol. The molecule has 7 N–H and O–H groups in total. The summed E-state index contributed by atoms with van der Waals surface area (Å²) in [7, 11) is 1.49. The van der Waals surface area contributed by atoms with Crippen LogP contribution in [-0.2, 0) is 16.5 Å². The molecular formula is C15H30N8O4. The number of hydrogen-bond donors (Lipinski definition) is 4. The van der Waals surface area contributed by atoms with Gasteiger partial charge in [-0.05, 0) is 5.18 Å². The van der Waals surface area contributed by atoms with Crippen LogP contribution in [-0.4, -0.2) is 80.1 Å². The van der Waals surface area contributed by atoms with Crippen LogP contribution >= 0.6 is 0 Å². The lowest BCUT2D eigenvalue weighted by Crippen LogP contribution is -2.36. The van der Waals surface area contributed by atoms with Gasteiger partial charge in [-0.2, -0.15) is 4.98 Å². The maximum absolute atomic E-state index is 12.0. The Morgan fingerprint density at radius 2 is 1.70 bits per heavy atom. The van der Waals surface area contributed by atoms with Gasteiger partial charge in [-0.25, -0.2) is 0 Å². The van der Waals surface area contributed by atoms with Gasteiger partial charge >= 0.3 is 0 Å². The van der Waals surface area contributed by atoms with Crippen molar-refractivity contribution in [1.29, 1.82) is 0 Å². The zero-order valence-corrected chi connectivity index (χ0v) is 15.7. The molecule has 0 aliphatic rings. The number of nitroso groups, excluding NO2 is 1. The van der Waals surface area contributed by atoms with E-state index >= 15 is 0 Å². The molecule has 12 nitrogen and oxygen atoms in total. The molecule has 0 aliphatic carbocycles. The largest absolute Gasteiger partial charge is 0.382 e. The molecule has 0 spiro atoms. The molecule has 0 bridgehead atoms. The van der Waals surface area contributed by atoms with Crippen LogP contribution in [0.3, 0.4) is 0 Å². The first-order valence-electron chi connectivity index (χ1n) is 8.76. The van der Waals surface area contributed by atoms with E-state index in [-0.39, 0.29) is 11.8 Å². The van der Waals surface area contributed by atoms with Gasteiger partial charge in [-0.3, -0.25) is 14.3 Å². The summed E-state index contributed by atoms with van der Waals surface area (Å²) in [6.45, 7) is 5.66. The molecular weight excluding hydrogens is 356 g/mol. The Hall–Kier alpha value is -2.12. The van der Waals surface area contributed by atoms with Crippen molar-refractivity contribution in [3.8, 4) is 0 Å². The Morgan fingerprint density at radius 3 is 2.22 bits per heavy atom. The van der Waals surface area contributed by atoms with Crippen LogP contribution in [0.25, 0.3) is 0 Å². The number of rotatable bonds is 15. The molecule has 0 fully saturated rings. The van der Waals surface area contributed by atoms with Crippen LogP contribution in [0.1, 0.15) is 0 Å². The first-order chi connectivity index (χ1) is 13.0. The summed E-state index contributed by atoms with van der Waals surface area (Å²) in [6.07, 6.45) is 0. The van der Waals surface area contributed by atoms with Gasteiger partial charge in [0.05, 0.1) is 26.4 Å². The summed E-state index contributed by atoms with van der Waals surface area (Å²) in [6, 6.07) is 0. The summed E-state index contributed by atoms with van der Waals surface area (Å²) in [4.78, 5) is 28.8. The Kier molecular flexibility index (Phi) is 11.1. The van der Waals surface area contributed by atoms with Crippen molar-refractivity contribution in [3.05, 3.63) is 15.3 Å². The number of anilines is 2. The molecule has 0 amide bonds. The minimum absolute atomic E-state index is 0.196. The highest BCUT2D eigenvalue weighted by Crippen LogP contribution is 2.15. The third-order valence-electron chi connectivity index (χ3n) is 3.72. The summed E-state index contributed by atoms with van der Waals surface area (Å²) < 4.78 is 12.0. The second kappa shape index (κ2) is 13.1. The van der Waals surface area contributed by atoms with Crippen LogP contribution in [0.5, 0.6) is 0 Å². The van der Waals surface area contributed by atoms with Crippen molar-refractivity contribution in [1.82, 2.24) is 14.5 Å². The molecule has 1 aromatic heterocycles. The molecule has 0 atom stereocenters. The van der Waals surface area contributed by atoms with Crippen LogP contribution < -0.4 is 28.1 Å². The molecule has 154 valence electrons. The minimum Gasteiger partial charge on any atom is -0.382 e. The van der Waals surface area contributed by atoms with E-state index in [0.717, 1.165) is 0 Å². The molecule has 0 aliphatic heterocycles. The van der Waals surface area contributed by atoms with Gasteiger partial charge in [0, 0.05) is 46.3 Å². The van der Waals surface area contributed by atoms with E-state index in [1.54, 1.807) is 0 Å². The second-order valence-corrected chi connectivity index (χ2v) is 5.70. The Bertz CT molecular complexity index is 613. The van der Waals surface area contributed by atoms with E-state index in [2.05, 4.69) is 20.4 Å².